The summed E-state index contributed by atoms with van der Waals surface area (Å²) in [6.45, 7) is 1.62. The van der Waals surface area contributed by atoms with E-state index in [1.807, 2.05) is 0 Å². The molecule has 0 bridgehead atoms. The van der Waals surface area contributed by atoms with Crippen LogP contribution in [0, 0.1) is 12.7 Å². The van der Waals surface area contributed by atoms with Gasteiger partial charge in [-0.1, -0.05) is 11.6 Å². The van der Waals surface area contributed by atoms with Gasteiger partial charge >= 0.3 is 5.69 Å². The van der Waals surface area contributed by atoms with Gasteiger partial charge in [-0.3, -0.25) is 4.57 Å². The summed E-state index contributed by atoms with van der Waals surface area (Å²) < 4.78 is 15.8. The molecule has 1 N–H and O–H groups in total. The molecule has 0 aliphatic heterocycles. The van der Waals surface area contributed by atoms with E-state index in [1.165, 1.54) is 11.6 Å². The molecule has 0 aliphatic rings. The van der Waals surface area contributed by atoms with Gasteiger partial charge in [-0.15, -0.1) is 0 Å². The number of hydrogen-bond donors (Lipinski definition) is 1. The number of nitrogens with zero attached hydrogens (tertiary/aromatic N) is 3. The molecule has 2 aromatic rings. The first-order valence-corrected chi connectivity index (χ1v) is 5.10. The van der Waals surface area contributed by atoms with Crippen molar-refractivity contribution in [2.75, 3.05) is 0 Å². The van der Waals surface area contributed by atoms with Gasteiger partial charge in [0.15, 0.2) is 5.82 Å². The highest BCUT2D eigenvalue weighted by Gasteiger charge is 2.15. The molecule has 0 radical (unpaired) electrons. The van der Waals surface area contributed by atoms with Crippen molar-refractivity contribution in [1.82, 2.24) is 14.3 Å². The van der Waals surface area contributed by atoms with E-state index in [-0.39, 0.29) is 16.5 Å². The van der Waals surface area contributed by atoms with Crippen molar-refractivity contribution in [3.8, 4) is 11.4 Å². The summed E-state index contributed by atoms with van der Waals surface area (Å²) in [6, 6.07) is 1.99. The molecule has 1 heterocycles. The second-order valence-electron chi connectivity index (χ2n) is 3.56. The van der Waals surface area contributed by atoms with Crippen LogP contribution in [-0.4, -0.2) is 19.5 Å². The number of aryl methyl sites for hydroxylation is 1. The topological polar surface area (TPSA) is 60.0 Å². The SMILES string of the molecule is Cc1nn(-c2cc(O)c(Cl)cc2F)c(=O)n1C. The van der Waals surface area contributed by atoms with E-state index in [0.717, 1.165) is 16.8 Å². The van der Waals surface area contributed by atoms with Gasteiger partial charge in [0.05, 0.1) is 5.02 Å². The number of aromatic hydroxyl groups is 1. The molecule has 0 amide bonds. The molecule has 0 fully saturated rings. The summed E-state index contributed by atoms with van der Waals surface area (Å²) in [6.07, 6.45) is 0. The molecule has 7 heteroatoms. The third-order valence-corrected chi connectivity index (χ3v) is 2.75. The zero-order valence-electron chi connectivity index (χ0n) is 9.11. The van der Waals surface area contributed by atoms with Gasteiger partial charge in [-0.25, -0.2) is 9.18 Å². The number of benzene rings is 1. The standard InChI is InChI=1S/C10H9ClFN3O2/c1-5-13-15(10(17)14(5)2)8-4-9(16)6(11)3-7(8)12/h3-4,16H,1-2H3. The summed E-state index contributed by atoms with van der Waals surface area (Å²) in [5, 5.41) is 13.2. The van der Waals surface area contributed by atoms with Gasteiger partial charge < -0.3 is 5.11 Å². The van der Waals surface area contributed by atoms with E-state index in [1.54, 1.807) is 6.92 Å². The highest BCUT2D eigenvalue weighted by atomic mass is 35.5. The van der Waals surface area contributed by atoms with Gasteiger partial charge in [0.1, 0.15) is 17.3 Å². The lowest BCUT2D eigenvalue weighted by Crippen LogP contribution is -2.22. The van der Waals surface area contributed by atoms with Gasteiger partial charge in [-0.2, -0.15) is 9.78 Å². The van der Waals surface area contributed by atoms with E-state index in [4.69, 9.17) is 11.6 Å². The Hall–Kier alpha value is -1.82. The van der Waals surface area contributed by atoms with E-state index in [0.29, 0.717) is 5.82 Å². The molecule has 5 nitrogen and oxygen atoms in total. The molecule has 0 unspecified atom stereocenters. The van der Waals surface area contributed by atoms with Crippen LogP contribution in [0.2, 0.25) is 5.02 Å². The maximum Gasteiger partial charge on any atom is 0.350 e. The first-order chi connectivity index (χ1) is 7.91. The molecule has 1 aromatic carbocycles. The minimum Gasteiger partial charge on any atom is -0.506 e. The summed E-state index contributed by atoms with van der Waals surface area (Å²) in [4.78, 5) is 11.7. The largest absolute Gasteiger partial charge is 0.506 e. The Morgan fingerprint density at radius 1 is 1.47 bits per heavy atom. The minimum atomic E-state index is -0.729. The predicted molar refractivity (Wildman–Crippen MR) is 60.2 cm³/mol. The zero-order valence-corrected chi connectivity index (χ0v) is 9.86. The van der Waals surface area contributed by atoms with Crippen molar-refractivity contribution in [2.24, 2.45) is 7.05 Å². The normalized spacial score (nSPS) is 10.8. The van der Waals surface area contributed by atoms with E-state index >= 15 is 0 Å². The van der Waals surface area contributed by atoms with Crippen molar-refractivity contribution < 1.29 is 9.50 Å². The molecule has 90 valence electrons. The quantitative estimate of drug-likeness (QED) is 0.840. The maximum atomic E-state index is 13.6. The number of aromatic nitrogens is 3. The zero-order chi connectivity index (χ0) is 12.7. The van der Waals surface area contributed by atoms with Gasteiger partial charge in [0, 0.05) is 13.1 Å². The Balaban J connectivity index is 2.73. The highest BCUT2D eigenvalue weighted by Crippen LogP contribution is 2.27. The van der Waals surface area contributed by atoms with Crippen LogP contribution in [0.5, 0.6) is 5.75 Å². The van der Waals surface area contributed by atoms with Crippen molar-refractivity contribution >= 4 is 11.6 Å². The lowest BCUT2D eigenvalue weighted by Gasteiger charge is -2.03. The molecule has 2 rings (SSSR count). The Kier molecular flexibility index (Phi) is 2.66. The Morgan fingerprint density at radius 2 is 2.12 bits per heavy atom. The molecule has 0 saturated carbocycles. The molecule has 1 aromatic heterocycles. The Bertz CT molecular complexity index is 648. The molecule has 0 saturated heterocycles. The number of phenols is 1. The van der Waals surface area contributed by atoms with Crippen molar-refractivity contribution in [3.63, 3.8) is 0 Å². The average Bonchev–Trinajstić information content (AvgIpc) is 2.51. The van der Waals surface area contributed by atoms with E-state index in [2.05, 4.69) is 5.10 Å². The minimum absolute atomic E-state index is 0.119. The third kappa shape index (κ3) is 1.80. The number of rotatable bonds is 1. The molecule has 0 atom stereocenters. The summed E-state index contributed by atoms with van der Waals surface area (Å²) in [7, 11) is 1.52. The first-order valence-electron chi connectivity index (χ1n) is 4.73. The fourth-order valence-corrected chi connectivity index (χ4v) is 1.53. The van der Waals surface area contributed by atoms with Crippen LogP contribution in [-0.2, 0) is 7.05 Å². The molecular weight excluding hydrogens is 249 g/mol. The predicted octanol–water partition coefficient (Wildman–Crippen LogP) is 1.38. The Morgan fingerprint density at radius 3 is 2.65 bits per heavy atom. The van der Waals surface area contributed by atoms with Crippen molar-refractivity contribution in [3.05, 3.63) is 39.3 Å². The van der Waals surface area contributed by atoms with Crippen molar-refractivity contribution in [2.45, 2.75) is 6.92 Å². The van der Waals surface area contributed by atoms with Gasteiger partial charge in [-0.05, 0) is 13.0 Å². The van der Waals surface area contributed by atoms with Crippen LogP contribution in [0.4, 0.5) is 4.39 Å². The summed E-state index contributed by atoms with van der Waals surface area (Å²) in [5.41, 5.74) is -0.635. The lowest BCUT2D eigenvalue weighted by molar-refractivity contribution is 0.472. The molecule has 0 aliphatic carbocycles. The monoisotopic (exact) mass is 257 g/mol. The molecule has 0 spiro atoms. The number of phenolic OH excluding ortho intramolecular Hbond substituents is 1. The van der Waals surface area contributed by atoms with Gasteiger partial charge in [0.2, 0.25) is 0 Å². The number of hydrogen-bond acceptors (Lipinski definition) is 3. The Labute approximate surface area is 101 Å². The van der Waals surface area contributed by atoms with Crippen LogP contribution in [0.3, 0.4) is 0 Å². The fourth-order valence-electron chi connectivity index (χ4n) is 1.38. The van der Waals surface area contributed by atoms with Crippen LogP contribution in [0.1, 0.15) is 5.82 Å². The summed E-state index contributed by atoms with van der Waals surface area (Å²) in [5.74, 6) is -0.602. The van der Waals surface area contributed by atoms with Gasteiger partial charge in [0.25, 0.3) is 0 Å². The second kappa shape index (κ2) is 3.89. The first kappa shape index (κ1) is 11.7. The maximum absolute atomic E-state index is 13.6. The fraction of sp³-hybridized carbons (Fsp3) is 0.200. The smallest absolute Gasteiger partial charge is 0.350 e. The van der Waals surface area contributed by atoms with Crippen molar-refractivity contribution in [1.29, 1.82) is 0 Å². The average molecular weight is 258 g/mol. The summed E-state index contributed by atoms with van der Waals surface area (Å²) >= 11 is 5.55. The van der Waals surface area contributed by atoms with E-state index in [9.17, 15) is 14.3 Å². The highest BCUT2D eigenvalue weighted by molar-refractivity contribution is 6.32. The van der Waals surface area contributed by atoms with Crippen LogP contribution < -0.4 is 5.69 Å². The third-order valence-electron chi connectivity index (χ3n) is 2.44. The van der Waals surface area contributed by atoms with E-state index < -0.39 is 11.5 Å². The van der Waals surface area contributed by atoms with Crippen LogP contribution in [0.25, 0.3) is 5.69 Å². The molecule has 17 heavy (non-hydrogen) atoms. The van der Waals surface area contributed by atoms with Crippen LogP contribution >= 0.6 is 11.6 Å². The second-order valence-corrected chi connectivity index (χ2v) is 3.96. The number of halogens is 2. The lowest BCUT2D eigenvalue weighted by atomic mass is 10.3. The van der Waals surface area contributed by atoms with Crippen LogP contribution in [0.15, 0.2) is 16.9 Å². The molecular formula is C10H9ClFN3O2.